The Kier molecular flexibility index (Phi) is 10.2. The number of thioether (sulfide) groups is 1. The van der Waals surface area contributed by atoms with Crippen molar-refractivity contribution in [2.24, 2.45) is 0 Å². The van der Waals surface area contributed by atoms with Crippen molar-refractivity contribution >= 4 is 57.3 Å². The van der Waals surface area contributed by atoms with Gasteiger partial charge >= 0.3 is 5.91 Å². The molecule has 1 amide bonds. The number of hydrogen-bond donors (Lipinski definition) is 1. The van der Waals surface area contributed by atoms with E-state index in [0.29, 0.717) is 45.4 Å². The van der Waals surface area contributed by atoms with Gasteiger partial charge in [0.1, 0.15) is 11.6 Å². The molecule has 0 saturated carbocycles. The van der Waals surface area contributed by atoms with Gasteiger partial charge in [0, 0.05) is 16.3 Å². The Morgan fingerprint density at radius 2 is 1.77 bits per heavy atom. The number of anilines is 1. The van der Waals surface area contributed by atoms with Crippen molar-refractivity contribution in [2.75, 3.05) is 18.1 Å². The Hall–Kier alpha value is -3.93. The number of amides is 1. The maximum atomic E-state index is 13.7. The van der Waals surface area contributed by atoms with Gasteiger partial charge in [-0.25, -0.2) is 4.39 Å². The molecular formula is C32H29ClFN3O5S2. The zero-order chi connectivity index (χ0) is 31.2. The second-order valence-corrected chi connectivity index (χ2v) is 12.4. The molecule has 8 nitrogen and oxygen atoms in total. The SMILES string of the molecule is CCCCOc1ccc(C2/C(=C(\O)c3ccc(F)cc3)C(=O)C(=O)N2c2nnc(SCc3ccc(Cl)cc3)s2)cc1OCC. The molecule has 12 heteroatoms. The third kappa shape index (κ3) is 6.90. The number of benzene rings is 3. The van der Waals surface area contributed by atoms with E-state index in [2.05, 4.69) is 17.1 Å². The van der Waals surface area contributed by atoms with Crippen LogP contribution in [0.2, 0.25) is 5.02 Å². The summed E-state index contributed by atoms with van der Waals surface area (Å²) < 4.78 is 26.1. The lowest BCUT2D eigenvalue weighted by Gasteiger charge is -2.23. The number of unbranched alkanes of at least 4 members (excludes halogenated alkanes) is 1. The summed E-state index contributed by atoms with van der Waals surface area (Å²) in [5.74, 6) is -1.15. The van der Waals surface area contributed by atoms with Crippen LogP contribution in [0.3, 0.4) is 0 Å². The molecular weight excluding hydrogens is 625 g/mol. The van der Waals surface area contributed by atoms with Crippen LogP contribution in [0.5, 0.6) is 11.5 Å². The Balaban J connectivity index is 1.56. The standard InChI is InChI=1S/C32H29ClFN3O5S2/c1-3-5-16-42-24-15-10-21(17-25(24)41-4-2)27-26(28(38)20-8-13-23(34)14-9-20)29(39)30(40)37(27)31-35-36-32(44-31)43-18-19-6-11-22(33)12-7-19/h6-15,17,27,38H,3-5,16,18H2,1-2H3/b28-26+. The van der Waals surface area contributed by atoms with E-state index in [4.69, 9.17) is 21.1 Å². The molecule has 0 bridgehead atoms. The average Bonchev–Trinajstić information content (AvgIpc) is 3.59. The van der Waals surface area contributed by atoms with E-state index in [-0.39, 0.29) is 16.3 Å². The van der Waals surface area contributed by atoms with E-state index in [1.807, 2.05) is 19.1 Å². The molecule has 1 atom stereocenters. The van der Waals surface area contributed by atoms with E-state index < -0.39 is 29.3 Å². The number of ether oxygens (including phenoxy) is 2. The molecule has 4 aromatic rings. The molecule has 1 unspecified atom stereocenters. The molecule has 1 aliphatic heterocycles. The number of ketones is 1. The van der Waals surface area contributed by atoms with Gasteiger partial charge in [-0.05, 0) is 73.0 Å². The van der Waals surface area contributed by atoms with E-state index in [9.17, 15) is 19.1 Å². The summed E-state index contributed by atoms with van der Waals surface area (Å²) >= 11 is 8.58. The second-order valence-electron chi connectivity index (χ2n) is 9.78. The first-order valence-corrected chi connectivity index (χ1v) is 16.2. The van der Waals surface area contributed by atoms with Gasteiger partial charge in [0.2, 0.25) is 5.13 Å². The number of nitrogens with zero attached hydrogens (tertiary/aromatic N) is 3. The number of carbonyl (C=O) groups is 2. The highest BCUT2D eigenvalue weighted by Crippen LogP contribution is 2.45. The first-order valence-electron chi connectivity index (χ1n) is 14.0. The molecule has 1 fully saturated rings. The highest BCUT2D eigenvalue weighted by atomic mass is 35.5. The van der Waals surface area contributed by atoms with Crippen LogP contribution < -0.4 is 14.4 Å². The smallest absolute Gasteiger partial charge is 0.301 e. The fourth-order valence-electron chi connectivity index (χ4n) is 4.60. The Morgan fingerprint density at radius 3 is 2.48 bits per heavy atom. The summed E-state index contributed by atoms with van der Waals surface area (Å²) in [4.78, 5) is 28.4. The van der Waals surface area contributed by atoms with Crippen LogP contribution in [0.1, 0.15) is 49.4 Å². The Labute approximate surface area is 267 Å². The van der Waals surface area contributed by atoms with Crippen LogP contribution in [-0.2, 0) is 15.3 Å². The summed E-state index contributed by atoms with van der Waals surface area (Å²) in [6.07, 6.45) is 1.82. The van der Waals surface area contributed by atoms with Gasteiger partial charge in [0.25, 0.3) is 5.78 Å². The van der Waals surface area contributed by atoms with Crippen molar-refractivity contribution in [1.82, 2.24) is 10.2 Å². The van der Waals surface area contributed by atoms with Gasteiger partial charge in [0.05, 0.1) is 24.8 Å². The lowest BCUT2D eigenvalue weighted by atomic mass is 9.95. The van der Waals surface area contributed by atoms with Gasteiger partial charge < -0.3 is 14.6 Å². The lowest BCUT2D eigenvalue weighted by Crippen LogP contribution is -2.29. The third-order valence-electron chi connectivity index (χ3n) is 6.78. The van der Waals surface area contributed by atoms with Crippen molar-refractivity contribution in [3.8, 4) is 11.5 Å². The average molecular weight is 654 g/mol. The largest absolute Gasteiger partial charge is 0.507 e. The highest BCUT2D eigenvalue weighted by Gasteiger charge is 2.48. The Bertz CT molecular complexity index is 1680. The van der Waals surface area contributed by atoms with Crippen molar-refractivity contribution < 1.29 is 28.6 Å². The van der Waals surface area contributed by atoms with Gasteiger partial charge in [-0.1, -0.05) is 66.2 Å². The van der Waals surface area contributed by atoms with Gasteiger partial charge in [-0.2, -0.15) is 0 Å². The number of aliphatic hydroxyl groups excluding tert-OH is 1. The molecule has 3 aromatic carbocycles. The van der Waals surface area contributed by atoms with Crippen LogP contribution in [0.4, 0.5) is 9.52 Å². The molecule has 0 radical (unpaired) electrons. The van der Waals surface area contributed by atoms with Gasteiger partial charge in [-0.15, -0.1) is 10.2 Å². The van der Waals surface area contributed by atoms with E-state index in [1.165, 1.54) is 40.9 Å². The predicted molar refractivity (Wildman–Crippen MR) is 170 cm³/mol. The summed E-state index contributed by atoms with van der Waals surface area (Å²) in [7, 11) is 0. The highest BCUT2D eigenvalue weighted by molar-refractivity contribution is 8.00. The first kappa shape index (κ1) is 31.5. The predicted octanol–water partition coefficient (Wildman–Crippen LogP) is 7.83. The quantitative estimate of drug-likeness (QED) is 0.0412. The van der Waals surface area contributed by atoms with Crippen molar-refractivity contribution in [2.45, 2.75) is 42.8 Å². The minimum atomic E-state index is -1.06. The molecule has 1 aromatic heterocycles. The summed E-state index contributed by atoms with van der Waals surface area (Å²) in [6.45, 7) is 4.76. The molecule has 5 rings (SSSR count). The van der Waals surface area contributed by atoms with Crippen molar-refractivity contribution in [1.29, 1.82) is 0 Å². The third-order valence-corrected chi connectivity index (χ3v) is 9.16. The summed E-state index contributed by atoms with van der Waals surface area (Å²) in [5.41, 5.74) is 1.55. The molecule has 1 saturated heterocycles. The topological polar surface area (TPSA) is 102 Å². The normalized spacial score (nSPS) is 16.0. The minimum absolute atomic E-state index is 0.158. The zero-order valence-electron chi connectivity index (χ0n) is 24.0. The number of aromatic nitrogens is 2. The lowest BCUT2D eigenvalue weighted by molar-refractivity contribution is -0.132. The monoisotopic (exact) mass is 653 g/mol. The summed E-state index contributed by atoms with van der Waals surface area (Å²) in [5, 5.41) is 20.7. The number of Topliss-reactive ketones (excluding diaryl/α,β-unsaturated/α-hetero) is 1. The van der Waals surface area contributed by atoms with Crippen LogP contribution in [0.25, 0.3) is 5.76 Å². The first-order chi connectivity index (χ1) is 21.3. The van der Waals surface area contributed by atoms with E-state index in [0.717, 1.165) is 29.7 Å². The maximum absolute atomic E-state index is 13.7. The number of halogens is 2. The van der Waals surface area contributed by atoms with Crippen LogP contribution in [-0.4, -0.2) is 40.2 Å². The molecule has 0 aliphatic carbocycles. The second kappa shape index (κ2) is 14.2. The fourth-order valence-corrected chi connectivity index (χ4v) is 6.55. The van der Waals surface area contributed by atoms with Crippen LogP contribution >= 0.6 is 34.7 Å². The number of rotatable bonds is 12. The van der Waals surface area contributed by atoms with Gasteiger partial charge in [0.15, 0.2) is 15.8 Å². The Morgan fingerprint density at radius 1 is 1.02 bits per heavy atom. The molecule has 2 heterocycles. The maximum Gasteiger partial charge on any atom is 0.301 e. The van der Waals surface area contributed by atoms with Gasteiger partial charge in [-0.3, -0.25) is 14.5 Å². The minimum Gasteiger partial charge on any atom is -0.507 e. The molecule has 228 valence electrons. The summed E-state index contributed by atoms with van der Waals surface area (Å²) in [6, 6.07) is 16.6. The van der Waals surface area contributed by atoms with Crippen molar-refractivity contribution in [3.05, 3.63) is 99.8 Å². The fraction of sp³-hybridized carbons (Fsp3) is 0.250. The van der Waals surface area contributed by atoms with E-state index >= 15 is 0 Å². The zero-order valence-corrected chi connectivity index (χ0v) is 26.3. The van der Waals surface area contributed by atoms with E-state index in [1.54, 1.807) is 30.3 Å². The number of aliphatic hydroxyl groups is 1. The molecule has 44 heavy (non-hydrogen) atoms. The molecule has 0 spiro atoms. The molecule has 1 aliphatic rings. The van der Waals surface area contributed by atoms with Crippen LogP contribution in [0.15, 0.2) is 76.6 Å². The van der Waals surface area contributed by atoms with Crippen LogP contribution in [0, 0.1) is 5.82 Å². The number of carbonyl (C=O) groups excluding carboxylic acids is 2. The number of hydrogen-bond acceptors (Lipinski definition) is 9. The van der Waals surface area contributed by atoms with Crippen molar-refractivity contribution in [3.63, 3.8) is 0 Å². The molecule has 1 N–H and O–H groups in total.